The van der Waals surface area contributed by atoms with Crippen molar-refractivity contribution in [1.29, 1.82) is 0 Å². The molecule has 1 fully saturated rings. The number of nitrogens with one attached hydrogen (secondary N) is 1. The van der Waals surface area contributed by atoms with E-state index in [4.69, 9.17) is 9.47 Å². The van der Waals surface area contributed by atoms with Crippen molar-refractivity contribution in [2.24, 2.45) is 11.8 Å². The molecule has 1 spiro atoms. The molecular weight excluding hydrogens is 214 g/mol. The lowest BCUT2D eigenvalue weighted by molar-refractivity contribution is -0.243. The third-order valence-corrected chi connectivity index (χ3v) is 3.69. The predicted octanol–water partition coefficient (Wildman–Crippen LogP) is 2.68. The minimum atomic E-state index is -0.344. The zero-order chi connectivity index (χ0) is 12.5. The average molecular weight is 239 g/mol. The van der Waals surface area contributed by atoms with E-state index >= 15 is 0 Å². The SMILES string of the molecule is CC(C)C1=C(C(C)C)OC2(CCNCC2)OC1. The third-order valence-electron chi connectivity index (χ3n) is 3.69. The Morgan fingerprint density at radius 2 is 1.71 bits per heavy atom. The molecule has 3 nitrogen and oxygen atoms in total. The zero-order valence-corrected chi connectivity index (χ0v) is 11.5. The Morgan fingerprint density at radius 1 is 1.06 bits per heavy atom. The van der Waals surface area contributed by atoms with E-state index in [1.165, 1.54) is 11.3 Å². The highest BCUT2D eigenvalue weighted by Gasteiger charge is 2.40. The van der Waals surface area contributed by atoms with Crippen LogP contribution >= 0.6 is 0 Å². The van der Waals surface area contributed by atoms with Crippen LogP contribution in [-0.2, 0) is 9.47 Å². The highest BCUT2D eigenvalue weighted by Crippen LogP contribution is 2.37. The van der Waals surface area contributed by atoms with Crippen LogP contribution in [0.3, 0.4) is 0 Å². The van der Waals surface area contributed by atoms with Crippen molar-refractivity contribution < 1.29 is 9.47 Å². The number of piperidine rings is 1. The van der Waals surface area contributed by atoms with Crippen molar-refractivity contribution in [3.05, 3.63) is 11.3 Å². The molecule has 0 atom stereocenters. The molecule has 1 saturated heterocycles. The minimum absolute atomic E-state index is 0.344. The van der Waals surface area contributed by atoms with Crippen LogP contribution in [0.15, 0.2) is 11.3 Å². The molecule has 2 aliphatic heterocycles. The molecule has 0 aromatic carbocycles. The molecule has 0 saturated carbocycles. The van der Waals surface area contributed by atoms with Gasteiger partial charge in [-0.25, -0.2) is 0 Å². The van der Waals surface area contributed by atoms with Gasteiger partial charge >= 0.3 is 0 Å². The van der Waals surface area contributed by atoms with Crippen LogP contribution in [0.5, 0.6) is 0 Å². The number of allylic oxidation sites excluding steroid dienone is 1. The van der Waals surface area contributed by atoms with Crippen molar-refractivity contribution in [1.82, 2.24) is 5.32 Å². The van der Waals surface area contributed by atoms with Crippen LogP contribution in [0.25, 0.3) is 0 Å². The van der Waals surface area contributed by atoms with Gasteiger partial charge in [-0.2, -0.15) is 0 Å². The van der Waals surface area contributed by atoms with Gasteiger partial charge < -0.3 is 14.8 Å². The summed E-state index contributed by atoms with van der Waals surface area (Å²) in [5.41, 5.74) is 1.34. The van der Waals surface area contributed by atoms with Gasteiger partial charge in [0.1, 0.15) is 5.76 Å². The quantitative estimate of drug-likeness (QED) is 0.803. The molecule has 0 aromatic rings. The van der Waals surface area contributed by atoms with Crippen LogP contribution in [-0.4, -0.2) is 25.5 Å². The second-order valence-corrected chi connectivity index (χ2v) is 5.75. The standard InChI is InChI=1S/C14H25NO2/c1-10(2)12-9-16-14(5-7-15-8-6-14)17-13(12)11(3)4/h10-11,15H,5-9H2,1-4H3. The van der Waals surface area contributed by atoms with Crippen molar-refractivity contribution in [3.8, 4) is 0 Å². The summed E-state index contributed by atoms with van der Waals surface area (Å²) in [5.74, 6) is 1.78. The first-order valence-electron chi connectivity index (χ1n) is 6.81. The summed E-state index contributed by atoms with van der Waals surface area (Å²) in [4.78, 5) is 0. The van der Waals surface area contributed by atoms with Gasteiger partial charge in [-0.1, -0.05) is 27.7 Å². The Hall–Kier alpha value is -0.540. The Kier molecular flexibility index (Phi) is 3.79. The van der Waals surface area contributed by atoms with Crippen molar-refractivity contribution in [2.45, 2.75) is 46.3 Å². The van der Waals surface area contributed by atoms with Crippen LogP contribution < -0.4 is 5.32 Å². The summed E-state index contributed by atoms with van der Waals surface area (Å²) in [6, 6.07) is 0. The molecule has 0 radical (unpaired) electrons. The van der Waals surface area contributed by atoms with Crippen LogP contribution in [0.4, 0.5) is 0 Å². The molecule has 0 amide bonds. The molecule has 2 rings (SSSR count). The van der Waals surface area contributed by atoms with E-state index in [2.05, 4.69) is 33.0 Å². The minimum Gasteiger partial charge on any atom is -0.466 e. The van der Waals surface area contributed by atoms with Gasteiger partial charge in [0.05, 0.1) is 6.61 Å². The summed E-state index contributed by atoms with van der Waals surface area (Å²) in [6.07, 6.45) is 1.91. The van der Waals surface area contributed by atoms with Gasteiger partial charge in [0.2, 0.25) is 5.79 Å². The second-order valence-electron chi connectivity index (χ2n) is 5.75. The zero-order valence-electron chi connectivity index (χ0n) is 11.5. The normalized spacial score (nSPS) is 24.6. The largest absolute Gasteiger partial charge is 0.466 e. The molecule has 17 heavy (non-hydrogen) atoms. The predicted molar refractivity (Wildman–Crippen MR) is 68.6 cm³/mol. The molecule has 0 aliphatic carbocycles. The Balaban J connectivity index is 2.20. The number of rotatable bonds is 2. The van der Waals surface area contributed by atoms with E-state index in [0.29, 0.717) is 11.8 Å². The van der Waals surface area contributed by atoms with Crippen LogP contribution in [0.2, 0.25) is 0 Å². The fourth-order valence-electron chi connectivity index (χ4n) is 2.57. The molecule has 0 bridgehead atoms. The fraction of sp³-hybridized carbons (Fsp3) is 0.857. The smallest absolute Gasteiger partial charge is 0.212 e. The molecule has 2 aliphatic rings. The summed E-state index contributed by atoms with van der Waals surface area (Å²) >= 11 is 0. The first-order chi connectivity index (χ1) is 8.04. The summed E-state index contributed by atoms with van der Waals surface area (Å²) in [6.45, 7) is 11.6. The fourth-order valence-corrected chi connectivity index (χ4v) is 2.57. The molecule has 0 aromatic heterocycles. The monoisotopic (exact) mass is 239 g/mol. The van der Waals surface area contributed by atoms with Gasteiger partial charge in [-0.15, -0.1) is 0 Å². The maximum absolute atomic E-state index is 6.27. The number of hydrogen-bond acceptors (Lipinski definition) is 3. The summed E-state index contributed by atoms with van der Waals surface area (Å²) in [5, 5.41) is 3.36. The average Bonchev–Trinajstić information content (AvgIpc) is 2.29. The lowest BCUT2D eigenvalue weighted by atomic mass is 9.94. The maximum atomic E-state index is 6.27. The van der Waals surface area contributed by atoms with Gasteiger partial charge in [0.25, 0.3) is 0 Å². The highest BCUT2D eigenvalue weighted by atomic mass is 16.7. The van der Waals surface area contributed by atoms with E-state index in [0.717, 1.165) is 32.5 Å². The van der Waals surface area contributed by atoms with Gasteiger partial charge in [-0.3, -0.25) is 0 Å². The van der Waals surface area contributed by atoms with E-state index in [1.807, 2.05) is 0 Å². The Bertz CT molecular complexity index is 301. The molecule has 2 heterocycles. The van der Waals surface area contributed by atoms with E-state index < -0.39 is 0 Å². The lowest BCUT2D eigenvalue weighted by Gasteiger charge is -2.43. The molecule has 3 heteroatoms. The maximum Gasteiger partial charge on any atom is 0.212 e. The van der Waals surface area contributed by atoms with Crippen molar-refractivity contribution in [2.75, 3.05) is 19.7 Å². The van der Waals surface area contributed by atoms with E-state index in [1.54, 1.807) is 0 Å². The molecule has 0 unspecified atom stereocenters. The first kappa shape index (κ1) is 12.9. The van der Waals surface area contributed by atoms with Gasteiger partial charge in [0, 0.05) is 31.8 Å². The molecule has 98 valence electrons. The van der Waals surface area contributed by atoms with Crippen molar-refractivity contribution in [3.63, 3.8) is 0 Å². The first-order valence-corrected chi connectivity index (χ1v) is 6.81. The molecule has 1 N–H and O–H groups in total. The summed E-state index contributed by atoms with van der Waals surface area (Å²) in [7, 11) is 0. The van der Waals surface area contributed by atoms with Gasteiger partial charge in [0.15, 0.2) is 0 Å². The van der Waals surface area contributed by atoms with Crippen molar-refractivity contribution >= 4 is 0 Å². The second kappa shape index (κ2) is 4.99. The number of hydrogen-bond donors (Lipinski definition) is 1. The topological polar surface area (TPSA) is 30.5 Å². The van der Waals surface area contributed by atoms with Crippen LogP contribution in [0, 0.1) is 11.8 Å². The highest BCUT2D eigenvalue weighted by molar-refractivity contribution is 5.16. The van der Waals surface area contributed by atoms with E-state index in [-0.39, 0.29) is 5.79 Å². The number of ether oxygens (including phenoxy) is 2. The Morgan fingerprint density at radius 3 is 2.24 bits per heavy atom. The van der Waals surface area contributed by atoms with Crippen LogP contribution in [0.1, 0.15) is 40.5 Å². The van der Waals surface area contributed by atoms with Gasteiger partial charge in [-0.05, 0) is 11.5 Å². The lowest BCUT2D eigenvalue weighted by Crippen LogP contribution is -2.49. The Labute approximate surface area is 105 Å². The summed E-state index contributed by atoms with van der Waals surface area (Å²) < 4.78 is 12.3. The van der Waals surface area contributed by atoms with E-state index in [9.17, 15) is 0 Å². The molecular formula is C14H25NO2. The third kappa shape index (κ3) is 2.66.